The first-order valence-corrected chi connectivity index (χ1v) is 9.92. The Morgan fingerprint density at radius 3 is 2.19 bits per heavy atom. The van der Waals surface area contributed by atoms with Gasteiger partial charge in [0.15, 0.2) is 12.0 Å². The van der Waals surface area contributed by atoms with Gasteiger partial charge in [0.25, 0.3) is 5.56 Å². The molecule has 1 aromatic heterocycles. The van der Waals surface area contributed by atoms with Gasteiger partial charge in [-0.1, -0.05) is 48.5 Å². The van der Waals surface area contributed by atoms with Crippen molar-refractivity contribution in [3.63, 3.8) is 0 Å². The molecule has 0 amide bonds. The molecule has 32 heavy (non-hydrogen) atoms. The van der Waals surface area contributed by atoms with Crippen LogP contribution in [0.3, 0.4) is 0 Å². The Hall–Kier alpha value is -3.82. The number of aliphatic hydroxyl groups excluding tert-OH is 1. The van der Waals surface area contributed by atoms with Crippen molar-refractivity contribution in [2.75, 3.05) is 6.61 Å². The number of aromatic nitrogens is 2. The first kappa shape index (κ1) is 21.4. The largest absolute Gasteiger partial charge is 0.455 e. The predicted octanol–water partition coefficient (Wildman–Crippen LogP) is 1.15. The minimum absolute atomic E-state index is 0.264. The average molecular weight is 436 g/mol. The molecule has 0 radical (unpaired) electrons. The van der Waals surface area contributed by atoms with Crippen LogP contribution in [-0.2, 0) is 9.47 Å². The molecule has 2 heterocycles. The fraction of sp³-hybridized carbons (Fsp3) is 0.217. The molecule has 3 aromatic rings. The van der Waals surface area contributed by atoms with Gasteiger partial charge >= 0.3 is 11.7 Å². The maximum absolute atomic E-state index is 13.5. The second-order valence-electron chi connectivity index (χ2n) is 7.26. The van der Waals surface area contributed by atoms with Crippen LogP contribution in [0, 0.1) is 5.92 Å². The Morgan fingerprint density at radius 2 is 1.59 bits per heavy atom. The van der Waals surface area contributed by atoms with Gasteiger partial charge in [0.2, 0.25) is 0 Å². The van der Waals surface area contributed by atoms with Crippen molar-refractivity contribution in [1.82, 2.24) is 9.55 Å². The van der Waals surface area contributed by atoms with Crippen LogP contribution in [-0.4, -0.2) is 45.2 Å². The number of nitrogens with one attached hydrogen (secondary N) is 1. The summed E-state index contributed by atoms with van der Waals surface area (Å²) in [5.74, 6) is -2.28. The SMILES string of the molecule is O=C(O[C@H]1[C@H](C(=O)c2ccccc2)[C@H](n2ccc(=O)[nH]c2=O)O[C@@H]1CO)c1ccccc1. The zero-order valence-corrected chi connectivity index (χ0v) is 16.8. The van der Waals surface area contributed by atoms with Gasteiger partial charge < -0.3 is 14.6 Å². The maximum atomic E-state index is 13.5. The number of Topliss-reactive ketones (excluding diaryl/α,β-unsaturated/α-hetero) is 1. The van der Waals surface area contributed by atoms with Crippen molar-refractivity contribution in [2.24, 2.45) is 5.92 Å². The first-order chi connectivity index (χ1) is 15.5. The van der Waals surface area contributed by atoms with Crippen molar-refractivity contribution in [2.45, 2.75) is 18.4 Å². The standard InChI is InChI=1S/C23H20N2O7/c26-13-16-20(32-22(29)15-9-5-2-6-10-15)18(19(28)14-7-3-1-4-8-14)21(31-16)25-12-11-17(27)24-23(25)30/h1-12,16,18,20-21,26H,13H2,(H,24,27,30)/t16-,18+,20-,21-/m1/s1. The summed E-state index contributed by atoms with van der Waals surface area (Å²) in [7, 11) is 0. The summed E-state index contributed by atoms with van der Waals surface area (Å²) in [4.78, 5) is 52.2. The number of ketones is 1. The van der Waals surface area contributed by atoms with Crippen LogP contribution in [0.4, 0.5) is 0 Å². The minimum atomic E-state index is -1.21. The van der Waals surface area contributed by atoms with Crippen molar-refractivity contribution < 1.29 is 24.2 Å². The fourth-order valence-electron chi connectivity index (χ4n) is 3.74. The van der Waals surface area contributed by atoms with Crippen LogP contribution in [0.5, 0.6) is 0 Å². The van der Waals surface area contributed by atoms with Gasteiger partial charge in [-0.2, -0.15) is 0 Å². The van der Waals surface area contributed by atoms with E-state index in [2.05, 4.69) is 4.98 Å². The lowest BCUT2D eigenvalue weighted by atomic mass is 9.90. The third-order valence-electron chi connectivity index (χ3n) is 5.26. The molecule has 4 atom stereocenters. The lowest BCUT2D eigenvalue weighted by molar-refractivity contribution is -0.0527. The smallest absolute Gasteiger partial charge is 0.338 e. The number of carbonyl (C=O) groups is 2. The number of ether oxygens (including phenoxy) is 2. The van der Waals surface area contributed by atoms with Crippen LogP contribution < -0.4 is 11.2 Å². The van der Waals surface area contributed by atoms with Gasteiger partial charge in [-0.3, -0.25) is 19.1 Å². The Kier molecular flexibility index (Phi) is 6.11. The number of esters is 1. The van der Waals surface area contributed by atoms with Gasteiger partial charge in [-0.05, 0) is 12.1 Å². The number of carbonyl (C=O) groups excluding carboxylic acids is 2. The van der Waals surface area contributed by atoms with Crippen molar-refractivity contribution >= 4 is 11.8 Å². The molecule has 0 aliphatic carbocycles. The lowest BCUT2D eigenvalue weighted by Gasteiger charge is -2.23. The summed E-state index contributed by atoms with van der Waals surface area (Å²) in [6.45, 7) is -0.556. The Balaban J connectivity index is 1.76. The molecule has 9 nitrogen and oxygen atoms in total. The number of benzene rings is 2. The van der Waals surface area contributed by atoms with Crippen LogP contribution >= 0.6 is 0 Å². The Labute approximate surface area is 181 Å². The molecule has 0 unspecified atom stereocenters. The maximum Gasteiger partial charge on any atom is 0.338 e. The third kappa shape index (κ3) is 4.16. The van der Waals surface area contributed by atoms with E-state index in [-0.39, 0.29) is 5.56 Å². The number of aromatic amines is 1. The minimum Gasteiger partial charge on any atom is -0.455 e. The second-order valence-corrected chi connectivity index (χ2v) is 7.26. The summed E-state index contributed by atoms with van der Waals surface area (Å²) in [6.07, 6.45) is -2.25. The summed E-state index contributed by atoms with van der Waals surface area (Å²) in [5, 5.41) is 9.90. The van der Waals surface area contributed by atoms with Crippen LogP contribution in [0.1, 0.15) is 26.9 Å². The molecule has 1 saturated heterocycles. The third-order valence-corrected chi connectivity index (χ3v) is 5.26. The van der Waals surface area contributed by atoms with Gasteiger partial charge in [-0.25, -0.2) is 9.59 Å². The molecule has 1 aliphatic rings. The zero-order chi connectivity index (χ0) is 22.7. The van der Waals surface area contributed by atoms with Crippen LogP contribution in [0.25, 0.3) is 0 Å². The molecule has 0 spiro atoms. The molecule has 1 fully saturated rings. The van der Waals surface area contributed by atoms with Gasteiger partial charge in [0, 0.05) is 17.8 Å². The molecule has 2 aromatic carbocycles. The highest BCUT2D eigenvalue weighted by molar-refractivity contribution is 5.99. The van der Waals surface area contributed by atoms with E-state index in [1.54, 1.807) is 60.7 Å². The molecule has 4 rings (SSSR count). The molecular weight excluding hydrogens is 416 g/mol. The molecule has 2 N–H and O–H groups in total. The second kappa shape index (κ2) is 9.13. The average Bonchev–Trinajstić information content (AvgIpc) is 3.17. The van der Waals surface area contributed by atoms with E-state index in [9.17, 15) is 24.3 Å². The van der Waals surface area contributed by atoms with Crippen LogP contribution in [0.2, 0.25) is 0 Å². The van der Waals surface area contributed by atoms with E-state index in [1.165, 1.54) is 6.20 Å². The van der Waals surface area contributed by atoms with Crippen molar-refractivity contribution in [3.05, 3.63) is 105 Å². The number of hydrogen-bond acceptors (Lipinski definition) is 7. The molecule has 9 heteroatoms. The summed E-state index contributed by atoms with van der Waals surface area (Å²) < 4.78 is 12.5. The van der Waals surface area contributed by atoms with E-state index in [4.69, 9.17) is 9.47 Å². The first-order valence-electron chi connectivity index (χ1n) is 9.92. The molecular formula is C23H20N2O7. The van der Waals surface area contributed by atoms with E-state index in [1.807, 2.05) is 0 Å². The number of rotatable bonds is 6. The van der Waals surface area contributed by atoms with Crippen molar-refractivity contribution in [1.29, 1.82) is 0 Å². The fourth-order valence-corrected chi connectivity index (χ4v) is 3.74. The van der Waals surface area contributed by atoms with E-state index >= 15 is 0 Å². The quantitative estimate of drug-likeness (QED) is 0.438. The lowest BCUT2D eigenvalue weighted by Crippen LogP contribution is -2.40. The summed E-state index contributed by atoms with van der Waals surface area (Å²) >= 11 is 0. The molecule has 0 saturated carbocycles. The normalized spacial score (nSPS) is 22.4. The summed E-state index contributed by atoms with van der Waals surface area (Å²) in [5.41, 5.74) is -0.816. The van der Waals surface area contributed by atoms with E-state index in [0.29, 0.717) is 5.56 Å². The molecule has 0 bridgehead atoms. The van der Waals surface area contributed by atoms with E-state index < -0.39 is 54.0 Å². The molecule has 1 aliphatic heterocycles. The van der Waals surface area contributed by atoms with E-state index in [0.717, 1.165) is 10.6 Å². The molecule has 164 valence electrons. The number of nitrogens with zero attached hydrogens (tertiary/aromatic N) is 1. The topological polar surface area (TPSA) is 128 Å². The van der Waals surface area contributed by atoms with Crippen LogP contribution in [0.15, 0.2) is 82.5 Å². The monoisotopic (exact) mass is 436 g/mol. The highest BCUT2D eigenvalue weighted by Crippen LogP contribution is 2.38. The number of aliphatic hydroxyl groups is 1. The van der Waals surface area contributed by atoms with Crippen molar-refractivity contribution in [3.8, 4) is 0 Å². The number of H-pyrrole nitrogens is 1. The highest BCUT2D eigenvalue weighted by Gasteiger charge is 2.51. The highest BCUT2D eigenvalue weighted by atomic mass is 16.6. The van der Waals surface area contributed by atoms with Gasteiger partial charge in [-0.15, -0.1) is 0 Å². The number of hydrogen-bond donors (Lipinski definition) is 2. The zero-order valence-electron chi connectivity index (χ0n) is 16.8. The Morgan fingerprint density at radius 1 is 0.969 bits per heavy atom. The Bertz CT molecular complexity index is 1220. The summed E-state index contributed by atoms with van der Waals surface area (Å²) in [6, 6.07) is 17.6. The van der Waals surface area contributed by atoms with Gasteiger partial charge in [0.1, 0.15) is 18.1 Å². The predicted molar refractivity (Wildman–Crippen MR) is 112 cm³/mol. The van der Waals surface area contributed by atoms with Gasteiger partial charge in [0.05, 0.1) is 12.2 Å².